The van der Waals surface area contributed by atoms with Gasteiger partial charge in [0.25, 0.3) is 0 Å². The summed E-state index contributed by atoms with van der Waals surface area (Å²) in [5.74, 6) is 0. The molecule has 0 fully saturated rings. The van der Waals surface area contributed by atoms with Crippen LogP contribution in [-0.2, 0) is 0 Å². The van der Waals surface area contributed by atoms with E-state index in [4.69, 9.17) is 5.26 Å². The number of nitriles is 1. The van der Waals surface area contributed by atoms with Crippen LogP contribution >= 0.6 is 0 Å². The van der Waals surface area contributed by atoms with Crippen molar-refractivity contribution in [1.29, 1.82) is 5.26 Å². The van der Waals surface area contributed by atoms with E-state index in [1.807, 2.05) is 49.2 Å². The molecule has 1 rings (SSSR count). The average Bonchev–Trinajstić information content (AvgIpc) is 2.28. The van der Waals surface area contributed by atoms with E-state index < -0.39 is 6.10 Å². The first kappa shape index (κ1) is 11.7. The SMILES string of the molecule is C[C@H]([C@@H](O)c1ccccc1)N(C)CC#N. The van der Waals surface area contributed by atoms with E-state index >= 15 is 0 Å². The molecular formula is C12H16N2O. The lowest BCUT2D eigenvalue weighted by Crippen LogP contribution is -2.34. The van der Waals surface area contributed by atoms with Crippen molar-refractivity contribution in [3.8, 4) is 6.07 Å². The molecule has 0 unspecified atom stereocenters. The van der Waals surface area contributed by atoms with E-state index in [-0.39, 0.29) is 6.04 Å². The van der Waals surface area contributed by atoms with Crippen molar-refractivity contribution in [3.05, 3.63) is 35.9 Å². The quantitative estimate of drug-likeness (QED) is 0.757. The largest absolute Gasteiger partial charge is 0.387 e. The first-order chi connectivity index (χ1) is 7.16. The van der Waals surface area contributed by atoms with Gasteiger partial charge in [-0.1, -0.05) is 30.3 Å². The monoisotopic (exact) mass is 204 g/mol. The molecule has 0 saturated heterocycles. The molecule has 1 N–H and O–H groups in total. The fourth-order valence-corrected chi connectivity index (χ4v) is 1.43. The summed E-state index contributed by atoms with van der Waals surface area (Å²) in [4.78, 5) is 1.83. The molecule has 0 aliphatic carbocycles. The maximum absolute atomic E-state index is 10.0. The predicted octanol–water partition coefficient (Wildman–Crippen LogP) is 1.56. The van der Waals surface area contributed by atoms with E-state index in [2.05, 4.69) is 6.07 Å². The van der Waals surface area contributed by atoms with E-state index in [1.165, 1.54) is 0 Å². The highest BCUT2D eigenvalue weighted by Crippen LogP contribution is 2.19. The molecule has 2 atom stereocenters. The summed E-state index contributed by atoms with van der Waals surface area (Å²) in [7, 11) is 1.83. The maximum Gasteiger partial charge on any atom is 0.0942 e. The van der Waals surface area contributed by atoms with E-state index in [1.54, 1.807) is 0 Å². The highest BCUT2D eigenvalue weighted by atomic mass is 16.3. The van der Waals surface area contributed by atoms with Gasteiger partial charge in [-0.3, -0.25) is 4.90 Å². The number of hydrogen-bond acceptors (Lipinski definition) is 3. The Morgan fingerprint density at radius 2 is 2.00 bits per heavy atom. The number of aliphatic hydroxyl groups is 1. The first-order valence-corrected chi connectivity index (χ1v) is 4.97. The lowest BCUT2D eigenvalue weighted by molar-refractivity contribution is 0.0794. The van der Waals surface area contributed by atoms with Gasteiger partial charge >= 0.3 is 0 Å². The number of aliphatic hydroxyl groups excluding tert-OH is 1. The molecule has 15 heavy (non-hydrogen) atoms. The summed E-state index contributed by atoms with van der Waals surface area (Å²) < 4.78 is 0. The van der Waals surface area contributed by atoms with Gasteiger partial charge in [0.05, 0.1) is 18.7 Å². The smallest absolute Gasteiger partial charge is 0.0942 e. The van der Waals surface area contributed by atoms with Gasteiger partial charge in [-0.15, -0.1) is 0 Å². The predicted molar refractivity (Wildman–Crippen MR) is 59.1 cm³/mol. The minimum Gasteiger partial charge on any atom is -0.387 e. The van der Waals surface area contributed by atoms with Gasteiger partial charge in [0.2, 0.25) is 0 Å². The third-order valence-electron chi connectivity index (χ3n) is 2.61. The van der Waals surface area contributed by atoms with Crippen LogP contribution in [0.15, 0.2) is 30.3 Å². The van der Waals surface area contributed by atoms with Gasteiger partial charge in [0, 0.05) is 6.04 Å². The molecule has 0 spiro atoms. The van der Waals surface area contributed by atoms with Crippen LogP contribution in [0.4, 0.5) is 0 Å². The average molecular weight is 204 g/mol. The van der Waals surface area contributed by atoms with Crippen LogP contribution in [0.5, 0.6) is 0 Å². The fraction of sp³-hybridized carbons (Fsp3) is 0.417. The Kier molecular flexibility index (Phi) is 4.29. The van der Waals surface area contributed by atoms with Crippen molar-refractivity contribution >= 4 is 0 Å². The lowest BCUT2D eigenvalue weighted by atomic mass is 10.0. The minimum absolute atomic E-state index is 0.0629. The van der Waals surface area contributed by atoms with E-state index in [0.29, 0.717) is 6.54 Å². The molecule has 0 saturated carbocycles. The second kappa shape index (κ2) is 5.50. The topological polar surface area (TPSA) is 47.3 Å². The Balaban J connectivity index is 2.69. The second-order valence-electron chi connectivity index (χ2n) is 3.67. The molecule has 3 heteroatoms. The summed E-state index contributed by atoms with van der Waals surface area (Å²) in [6.07, 6.45) is -0.551. The number of hydrogen-bond donors (Lipinski definition) is 1. The Hall–Kier alpha value is -1.37. The summed E-state index contributed by atoms with van der Waals surface area (Å²) in [6, 6.07) is 11.5. The lowest BCUT2D eigenvalue weighted by Gasteiger charge is -2.26. The van der Waals surface area contributed by atoms with Gasteiger partial charge in [0.15, 0.2) is 0 Å². The van der Waals surface area contributed by atoms with Crippen molar-refractivity contribution in [2.24, 2.45) is 0 Å². The minimum atomic E-state index is -0.551. The Morgan fingerprint density at radius 3 is 2.53 bits per heavy atom. The Labute approximate surface area is 90.6 Å². The van der Waals surface area contributed by atoms with Crippen molar-refractivity contribution < 1.29 is 5.11 Å². The maximum atomic E-state index is 10.0. The van der Waals surface area contributed by atoms with Gasteiger partial charge in [-0.2, -0.15) is 5.26 Å². The van der Waals surface area contributed by atoms with Crippen molar-refractivity contribution in [2.75, 3.05) is 13.6 Å². The molecule has 0 heterocycles. The zero-order valence-corrected chi connectivity index (χ0v) is 9.09. The molecule has 0 aliphatic rings. The molecule has 0 bridgehead atoms. The van der Waals surface area contributed by atoms with Crippen LogP contribution in [0.1, 0.15) is 18.6 Å². The van der Waals surface area contributed by atoms with Gasteiger partial charge < -0.3 is 5.11 Å². The summed E-state index contributed by atoms with van der Waals surface area (Å²) in [5, 5.41) is 18.6. The second-order valence-corrected chi connectivity index (χ2v) is 3.67. The number of benzene rings is 1. The van der Waals surface area contributed by atoms with Gasteiger partial charge in [-0.05, 0) is 19.5 Å². The number of likely N-dealkylation sites (N-methyl/N-ethyl adjacent to an activating group) is 1. The zero-order valence-electron chi connectivity index (χ0n) is 9.09. The Morgan fingerprint density at radius 1 is 1.40 bits per heavy atom. The molecule has 1 aromatic carbocycles. The summed E-state index contributed by atoms with van der Waals surface area (Å²) in [5.41, 5.74) is 0.884. The summed E-state index contributed by atoms with van der Waals surface area (Å²) >= 11 is 0. The van der Waals surface area contributed by atoms with Crippen LogP contribution < -0.4 is 0 Å². The van der Waals surface area contributed by atoms with Gasteiger partial charge in [0.1, 0.15) is 0 Å². The third kappa shape index (κ3) is 3.05. The van der Waals surface area contributed by atoms with Crippen LogP contribution in [0.25, 0.3) is 0 Å². The Bertz CT molecular complexity index is 331. The third-order valence-corrected chi connectivity index (χ3v) is 2.61. The van der Waals surface area contributed by atoms with Gasteiger partial charge in [-0.25, -0.2) is 0 Å². The number of nitrogens with zero attached hydrogens (tertiary/aromatic N) is 2. The van der Waals surface area contributed by atoms with Crippen LogP contribution in [0, 0.1) is 11.3 Å². The van der Waals surface area contributed by atoms with Crippen LogP contribution in [0.3, 0.4) is 0 Å². The molecule has 0 aliphatic heterocycles. The molecule has 1 aromatic rings. The fourth-order valence-electron chi connectivity index (χ4n) is 1.43. The van der Waals surface area contributed by atoms with Crippen molar-refractivity contribution in [1.82, 2.24) is 4.90 Å². The van der Waals surface area contributed by atoms with Crippen molar-refractivity contribution in [3.63, 3.8) is 0 Å². The van der Waals surface area contributed by atoms with E-state index in [0.717, 1.165) is 5.56 Å². The first-order valence-electron chi connectivity index (χ1n) is 4.97. The van der Waals surface area contributed by atoms with Crippen LogP contribution in [-0.4, -0.2) is 29.6 Å². The van der Waals surface area contributed by atoms with E-state index in [9.17, 15) is 5.11 Å². The molecule has 0 radical (unpaired) electrons. The molecule has 0 amide bonds. The zero-order chi connectivity index (χ0) is 11.3. The highest BCUT2D eigenvalue weighted by Gasteiger charge is 2.19. The number of rotatable bonds is 4. The molecular weight excluding hydrogens is 188 g/mol. The normalized spacial score (nSPS) is 14.6. The van der Waals surface area contributed by atoms with Crippen molar-refractivity contribution in [2.45, 2.75) is 19.1 Å². The molecule has 3 nitrogen and oxygen atoms in total. The van der Waals surface area contributed by atoms with Crippen LogP contribution in [0.2, 0.25) is 0 Å². The summed E-state index contributed by atoms with van der Waals surface area (Å²) in [6.45, 7) is 2.24. The molecule has 80 valence electrons. The standard InChI is InChI=1S/C12H16N2O/c1-10(14(2)9-8-13)12(15)11-6-4-3-5-7-11/h3-7,10,12,15H,9H2,1-2H3/t10-,12-/m1/s1. The molecule has 0 aromatic heterocycles. The highest BCUT2D eigenvalue weighted by molar-refractivity contribution is 5.18.